The first-order valence-corrected chi connectivity index (χ1v) is 12.0. The van der Waals surface area contributed by atoms with Crippen molar-refractivity contribution in [2.75, 3.05) is 29.9 Å². The molecule has 0 saturated carbocycles. The van der Waals surface area contributed by atoms with Gasteiger partial charge in [-0.05, 0) is 76.1 Å². The number of thiophene rings is 1. The second kappa shape index (κ2) is 9.57. The molecule has 166 valence electrons. The van der Waals surface area contributed by atoms with Crippen LogP contribution in [-0.4, -0.2) is 29.7 Å². The van der Waals surface area contributed by atoms with Gasteiger partial charge < -0.3 is 15.0 Å². The van der Waals surface area contributed by atoms with E-state index in [4.69, 9.17) is 4.74 Å². The number of aromatic nitrogens is 2. The normalized spacial score (nSPS) is 11.0. The van der Waals surface area contributed by atoms with Crippen molar-refractivity contribution in [1.29, 1.82) is 0 Å². The van der Waals surface area contributed by atoms with Crippen LogP contribution in [0.25, 0.3) is 21.3 Å². The van der Waals surface area contributed by atoms with E-state index in [1.54, 1.807) is 17.7 Å². The molecule has 1 N–H and O–H groups in total. The molecule has 6 heteroatoms. The molecule has 0 aliphatic rings. The van der Waals surface area contributed by atoms with Gasteiger partial charge >= 0.3 is 0 Å². The molecule has 4 aromatic rings. The summed E-state index contributed by atoms with van der Waals surface area (Å²) >= 11 is 1.70. The fourth-order valence-electron chi connectivity index (χ4n) is 4.07. The van der Waals surface area contributed by atoms with Crippen LogP contribution in [0.4, 0.5) is 17.2 Å². The van der Waals surface area contributed by atoms with Gasteiger partial charge in [-0.2, -0.15) is 0 Å². The number of fused-ring (bicyclic) bond motifs is 1. The largest absolute Gasteiger partial charge is 0.494 e. The summed E-state index contributed by atoms with van der Waals surface area (Å²) in [6.45, 7) is 13.3. The van der Waals surface area contributed by atoms with Gasteiger partial charge in [-0.15, -0.1) is 11.3 Å². The molecule has 32 heavy (non-hydrogen) atoms. The van der Waals surface area contributed by atoms with Crippen molar-refractivity contribution in [3.8, 4) is 16.9 Å². The summed E-state index contributed by atoms with van der Waals surface area (Å²) in [5, 5.41) is 4.65. The van der Waals surface area contributed by atoms with Gasteiger partial charge in [-0.3, -0.25) is 0 Å². The number of anilines is 3. The van der Waals surface area contributed by atoms with E-state index in [9.17, 15) is 0 Å². The summed E-state index contributed by atoms with van der Waals surface area (Å²) in [6, 6.07) is 14.8. The van der Waals surface area contributed by atoms with Crippen LogP contribution in [0.5, 0.6) is 5.75 Å². The minimum Gasteiger partial charge on any atom is -0.494 e. The molecule has 0 radical (unpaired) electrons. The van der Waals surface area contributed by atoms with Crippen molar-refractivity contribution in [1.82, 2.24) is 9.97 Å². The molecule has 0 spiro atoms. The van der Waals surface area contributed by atoms with E-state index in [0.29, 0.717) is 6.61 Å². The Balaban J connectivity index is 1.74. The molecule has 4 rings (SSSR count). The van der Waals surface area contributed by atoms with Crippen LogP contribution in [-0.2, 0) is 0 Å². The highest BCUT2D eigenvalue weighted by Gasteiger charge is 2.17. The van der Waals surface area contributed by atoms with Crippen molar-refractivity contribution in [3.05, 3.63) is 59.2 Å². The Morgan fingerprint density at radius 3 is 2.38 bits per heavy atom. The van der Waals surface area contributed by atoms with Gasteiger partial charge in [0.1, 0.15) is 22.7 Å². The molecule has 2 heterocycles. The van der Waals surface area contributed by atoms with E-state index in [1.165, 1.54) is 21.7 Å². The first kappa shape index (κ1) is 22.1. The van der Waals surface area contributed by atoms with E-state index in [-0.39, 0.29) is 0 Å². The molecule has 0 aliphatic carbocycles. The van der Waals surface area contributed by atoms with E-state index < -0.39 is 0 Å². The Morgan fingerprint density at radius 1 is 0.969 bits per heavy atom. The first-order valence-electron chi connectivity index (χ1n) is 11.2. The number of nitrogens with zero attached hydrogens (tertiary/aromatic N) is 3. The lowest BCUT2D eigenvalue weighted by molar-refractivity contribution is 0.340. The standard InChI is InChI=1S/C26H30N4OS/c1-6-30(7-2)20-11-14-22(17(4)15-20)29-25-24-23(18(5)32-26(24)28-16-27-25)19-9-12-21(13-10-19)31-8-3/h9-16H,6-8H2,1-5H3,(H,27,28,29). The van der Waals surface area contributed by atoms with Crippen molar-refractivity contribution < 1.29 is 4.74 Å². The highest BCUT2D eigenvalue weighted by Crippen LogP contribution is 2.41. The van der Waals surface area contributed by atoms with Gasteiger partial charge in [0, 0.05) is 34.9 Å². The molecule has 0 fully saturated rings. The van der Waals surface area contributed by atoms with E-state index in [0.717, 1.165) is 46.1 Å². The highest BCUT2D eigenvalue weighted by atomic mass is 32.1. The number of aryl methyl sites for hydroxylation is 2. The van der Waals surface area contributed by atoms with Crippen LogP contribution >= 0.6 is 11.3 Å². The predicted molar refractivity (Wildman–Crippen MR) is 137 cm³/mol. The number of ether oxygens (including phenoxy) is 1. The van der Waals surface area contributed by atoms with Crippen LogP contribution in [0.1, 0.15) is 31.2 Å². The number of hydrogen-bond acceptors (Lipinski definition) is 6. The van der Waals surface area contributed by atoms with Crippen LogP contribution in [0.15, 0.2) is 48.8 Å². The van der Waals surface area contributed by atoms with Crippen molar-refractivity contribution in [2.45, 2.75) is 34.6 Å². The molecular formula is C26H30N4OS. The molecule has 0 bridgehead atoms. The summed E-state index contributed by atoms with van der Waals surface area (Å²) in [5.74, 6) is 1.72. The molecule has 5 nitrogen and oxygen atoms in total. The van der Waals surface area contributed by atoms with Gasteiger partial charge in [0.2, 0.25) is 0 Å². The Kier molecular flexibility index (Phi) is 6.61. The van der Waals surface area contributed by atoms with E-state index in [1.807, 2.05) is 19.1 Å². The number of nitrogens with one attached hydrogen (secondary N) is 1. The second-order valence-corrected chi connectivity index (χ2v) is 8.89. The molecule has 0 atom stereocenters. The summed E-state index contributed by atoms with van der Waals surface area (Å²) < 4.78 is 5.62. The summed E-state index contributed by atoms with van der Waals surface area (Å²) in [5.41, 5.74) is 5.81. The topological polar surface area (TPSA) is 50.3 Å². The lowest BCUT2D eigenvalue weighted by Gasteiger charge is -2.22. The Hall–Kier alpha value is -3.12. The third-order valence-corrected chi connectivity index (χ3v) is 6.72. The Bertz CT molecular complexity index is 1210. The van der Waals surface area contributed by atoms with Gasteiger partial charge in [0.05, 0.1) is 12.0 Å². The fraction of sp³-hybridized carbons (Fsp3) is 0.308. The Labute approximate surface area is 194 Å². The molecule has 0 saturated heterocycles. The monoisotopic (exact) mass is 446 g/mol. The van der Waals surface area contributed by atoms with Gasteiger partial charge in [-0.25, -0.2) is 9.97 Å². The Morgan fingerprint density at radius 2 is 1.72 bits per heavy atom. The summed E-state index contributed by atoms with van der Waals surface area (Å²) in [7, 11) is 0. The maximum absolute atomic E-state index is 5.62. The lowest BCUT2D eigenvalue weighted by Crippen LogP contribution is -2.21. The molecule has 0 amide bonds. The van der Waals surface area contributed by atoms with E-state index >= 15 is 0 Å². The maximum Gasteiger partial charge on any atom is 0.143 e. The minimum absolute atomic E-state index is 0.661. The highest BCUT2D eigenvalue weighted by molar-refractivity contribution is 7.19. The molecular weight excluding hydrogens is 416 g/mol. The second-order valence-electron chi connectivity index (χ2n) is 7.69. The molecule has 0 aliphatic heterocycles. The third-order valence-electron chi connectivity index (χ3n) is 5.71. The lowest BCUT2D eigenvalue weighted by atomic mass is 10.0. The SMILES string of the molecule is CCOc1ccc(-c2c(C)sc3ncnc(Nc4ccc(N(CC)CC)cc4C)c23)cc1. The zero-order valence-corrected chi connectivity index (χ0v) is 20.2. The number of hydrogen-bond donors (Lipinski definition) is 1. The fourth-order valence-corrected chi connectivity index (χ4v) is 5.08. The van der Waals surface area contributed by atoms with Crippen LogP contribution in [0, 0.1) is 13.8 Å². The van der Waals surface area contributed by atoms with Crippen LogP contribution in [0.2, 0.25) is 0 Å². The quantitative estimate of drug-likeness (QED) is 0.317. The van der Waals surface area contributed by atoms with Gasteiger partial charge in [-0.1, -0.05) is 12.1 Å². The number of benzene rings is 2. The van der Waals surface area contributed by atoms with Crippen LogP contribution in [0.3, 0.4) is 0 Å². The van der Waals surface area contributed by atoms with Crippen molar-refractivity contribution >= 4 is 38.7 Å². The van der Waals surface area contributed by atoms with Crippen LogP contribution < -0.4 is 15.0 Å². The first-order chi connectivity index (χ1) is 15.5. The number of rotatable bonds is 8. The average molecular weight is 447 g/mol. The average Bonchev–Trinajstić information content (AvgIpc) is 3.14. The predicted octanol–water partition coefficient (Wildman–Crippen LogP) is 6.96. The van der Waals surface area contributed by atoms with E-state index in [2.05, 4.69) is 78.2 Å². The molecule has 2 aromatic carbocycles. The van der Waals surface area contributed by atoms with Gasteiger partial charge in [0.15, 0.2) is 0 Å². The zero-order chi connectivity index (χ0) is 22.7. The summed E-state index contributed by atoms with van der Waals surface area (Å²) in [4.78, 5) is 13.7. The molecule has 0 unspecified atom stereocenters. The third kappa shape index (κ3) is 4.28. The molecule has 2 aromatic heterocycles. The van der Waals surface area contributed by atoms with Gasteiger partial charge in [0.25, 0.3) is 0 Å². The maximum atomic E-state index is 5.62. The van der Waals surface area contributed by atoms with Crippen molar-refractivity contribution in [2.24, 2.45) is 0 Å². The minimum atomic E-state index is 0.661. The smallest absolute Gasteiger partial charge is 0.143 e. The zero-order valence-electron chi connectivity index (χ0n) is 19.4. The van der Waals surface area contributed by atoms with Crippen molar-refractivity contribution in [3.63, 3.8) is 0 Å². The summed E-state index contributed by atoms with van der Waals surface area (Å²) in [6.07, 6.45) is 1.64.